The normalized spacial score (nSPS) is 22.2. The van der Waals surface area contributed by atoms with Gasteiger partial charge in [0.15, 0.2) is 0 Å². The molecule has 0 bridgehead atoms. The summed E-state index contributed by atoms with van der Waals surface area (Å²) >= 11 is 3.45. The number of halogens is 1. The summed E-state index contributed by atoms with van der Waals surface area (Å²) in [5, 5.41) is 8.28. The van der Waals surface area contributed by atoms with Crippen LogP contribution in [0.15, 0.2) is 35.1 Å². The number of rotatable bonds is 4. The average Bonchev–Trinajstić information content (AvgIpc) is 2.78. The minimum Gasteiger partial charge on any atom is -0.328 e. The summed E-state index contributed by atoms with van der Waals surface area (Å²) in [7, 11) is 0. The molecule has 0 aliphatic heterocycles. The second-order valence-corrected chi connectivity index (χ2v) is 6.22. The molecule has 0 atom stereocenters. The molecule has 2 N–H and O–H groups in total. The molecule has 5 heteroatoms. The van der Waals surface area contributed by atoms with Crippen LogP contribution in [0.25, 0.3) is 0 Å². The Bertz CT molecular complexity index is 543. The monoisotopic (exact) mass is 320 g/mol. The smallest absolute Gasteiger partial charge is 0.133 e. The van der Waals surface area contributed by atoms with E-state index in [0.29, 0.717) is 12.0 Å². The van der Waals surface area contributed by atoms with Crippen molar-refractivity contribution in [1.82, 2.24) is 14.8 Å². The van der Waals surface area contributed by atoms with Gasteiger partial charge < -0.3 is 10.3 Å². The molecule has 1 saturated carbocycles. The van der Waals surface area contributed by atoms with Crippen LogP contribution in [-0.4, -0.2) is 20.8 Å². The summed E-state index contributed by atoms with van der Waals surface area (Å²) in [6, 6.07) is 8.75. The number of nitrogens with zero attached hydrogens (tertiary/aromatic N) is 3. The first-order chi connectivity index (χ1) is 9.20. The lowest BCUT2D eigenvalue weighted by Gasteiger charge is -2.32. The van der Waals surface area contributed by atoms with Crippen molar-refractivity contribution in [3.05, 3.63) is 46.5 Å². The van der Waals surface area contributed by atoms with Crippen molar-refractivity contribution >= 4 is 15.9 Å². The molecule has 0 spiro atoms. The van der Waals surface area contributed by atoms with Crippen molar-refractivity contribution < 1.29 is 0 Å². The van der Waals surface area contributed by atoms with Crippen LogP contribution in [0.5, 0.6) is 0 Å². The molecule has 1 aliphatic carbocycles. The van der Waals surface area contributed by atoms with Crippen LogP contribution in [0, 0.1) is 5.92 Å². The summed E-state index contributed by atoms with van der Waals surface area (Å²) in [5.74, 6) is 1.75. The molecule has 0 amide bonds. The highest BCUT2D eigenvalue weighted by atomic mass is 79.9. The Labute approximate surface area is 121 Å². The lowest BCUT2D eigenvalue weighted by molar-refractivity contribution is 0.258. The molecule has 1 aromatic heterocycles. The Hall–Kier alpha value is -1.20. The molecular weight excluding hydrogens is 304 g/mol. The van der Waals surface area contributed by atoms with Crippen LogP contribution in [0.3, 0.4) is 0 Å². The number of nitrogens with two attached hydrogens (primary N) is 1. The van der Waals surface area contributed by atoms with E-state index in [4.69, 9.17) is 5.73 Å². The van der Waals surface area contributed by atoms with Crippen molar-refractivity contribution in [2.75, 3.05) is 0 Å². The highest BCUT2D eigenvalue weighted by Gasteiger charge is 2.27. The quantitative estimate of drug-likeness (QED) is 0.940. The van der Waals surface area contributed by atoms with Gasteiger partial charge in [-0.1, -0.05) is 28.1 Å². The molecule has 3 rings (SSSR count). The molecule has 19 heavy (non-hydrogen) atoms. The molecule has 0 radical (unpaired) electrons. The van der Waals surface area contributed by atoms with E-state index in [1.54, 1.807) is 0 Å². The van der Waals surface area contributed by atoms with Gasteiger partial charge in [-0.3, -0.25) is 0 Å². The van der Waals surface area contributed by atoms with Gasteiger partial charge in [0.1, 0.15) is 12.2 Å². The molecule has 1 fully saturated rings. The number of hydrogen-bond donors (Lipinski definition) is 1. The summed E-state index contributed by atoms with van der Waals surface area (Å²) in [5.41, 5.74) is 7.09. The van der Waals surface area contributed by atoms with Gasteiger partial charge in [-0.2, -0.15) is 0 Å². The van der Waals surface area contributed by atoms with E-state index in [1.807, 2.05) is 6.33 Å². The van der Waals surface area contributed by atoms with Gasteiger partial charge in [0.2, 0.25) is 0 Å². The summed E-state index contributed by atoms with van der Waals surface area (Å²) < 4.78 is 3.23. The minimum absolute atomic E-state index is 0.396. The van der Waals surface area contributed by atoms with E-state index >= 15 is 0 Å². The Morgan fingerprint density at radius 2 is 2.00 bits per heavy atom. The van der Waals surface area contributed by atoms with Gasteiger partial charge >= 0.3 is 0 Å². The first kappa shape index (κ1) is 12.8. The van der Waals surface area contributed by atoms with Crippen molar-refractivity contribution in [3.8, 4) is 0 Å². The number of benzene rings is 1. The van der Waals surface area contributed by atoms with Crippen LogP contribution >= 0.6 is 15.9 Å². The van der Waals surface area contributed by atoms with Crippen LogP contribution in [-0.2, 0) is 13.0 Å². The van der Waals surface area contributed by atoms with Gasteiger partial charge in [-0.05, 0) is 36.5 Å². The van der Waals surface area contributed by atoms with Crippen LogP contribution in [0.2, 0.25) is 0 Å². The zero-order valence-electron chi connectivity index (χ0n) is 10.7. The number of hydrogen-bond acceptors (Lipinski definition) is 3. The molecule has 1 aromatic carbocycles. The summed E-state index contributed by atoms with van der Waals surface area (Å²) in [4.78, 5) is 0. The van der Waals surface area contributed by atoms with Gasteiger partial charge in [0.05, 0.1) is 6.54 Å². The highest BCUT2D eigenvalue weighted by Crippen LogP contribution is 2.28. The Balaban J connectivity index is 1.68. The standard InChI is InChI=1S/C14H17BrN4/c15-12-3-1-10(2-4-12)8-19-9-17-18-14(19)7-11-5-13(16)6-11/h1-4,9,11,13H,5-8,16H2. The van der Waals surface area contributed by atoms with E-state index in [1.165, 1.54) is 5.56 Å². The molecule has 2 aromatic rings. The predicted molar refractivity (Wildman–Crippen MR) is 77.7 cm³/mol. The fraction of sp³-hybridized carbons (Fsp3) is 0.429. The lowest BCUT2D eigenvalue weighted by Crippen LogP contribution is -2.37. The molecule has 0 unspecified atom stereocenters. The van der Waals surface area contributed by atoms with Crippen LogP contribution in [0.1, 0.15) is 24.2 Å². The average molecular weight is 321 g/mol. The van der Waals surface area contributed by atoms with Crippen molar-refractivity contribution in [1.29, 1.82) is 0 Å². The third kappa shape index (κ3) is 3.04. The van der Waals surface area contributed by atoms with E-state index < -0.39 is 0 Å². The van der Waals surface area contributed by atoms with Crippen molar-refractivity contribution in [2.24, 2.45) is 11.7 Å². The topological polar surface area (TPSA) is 56.7 Å². The predicted octanol–water partition coefficient (Wildman–Crippen LogP) is 2.37. The first-order valence-corrected chi connectivity index (χ1v) is 7.36. The molecule has 100 valence electrons. The van der Waals surface area contributed by atoms with E-state index in [2.05, 4.69) is 55.0 Å². The maximum absolute atomic E-state index is 5.83. The third-order valence-corrected chi connectivity index (χ3v) is 4.23. The van der Waals surface area contributed by atoms with E-state index in [-0.39, 0.29) is 0 Å². The molecule has 1 aliphatic rings. The SMILES string of the molecule is NC1CC(Cc2nncn2Cc2ccc(Br)cc2)C1. The van der Waals surface area contributed by atoms with Gasteiger partial charge in [0.25, 0.3) is 0 Å². The lowest BCUT2D eigenvalue weighted by atomic mass is 9.78. The van der Waals surface area contributed by atoms with Crippen LogP contribution < -0.4 is 5.73 Å². The minimum atomic E-state index is 0.396. The maximum Gasteiger partial charge on any atom is 0.133 e. The zero-order chi connectivity index (χ0) is 13.2. The van der Waals surface area contributed by atoms with Crippen molar-refractivity contribution in [3.63, 3.8) is 0 Å². The van der Waals surface area contributed by atoms with Gasteiger partial charge in [-0.15, -0.1) is 10.2 Å². The maximum atomic E-state index is 5.83. The highest BCUT2D eigenvalue weighted by molar-refractivity contribution is 9.10. The summed E-state index contributed by atoms with van der Waals surface area (Å²) in [6.45, 7) is 0.828. The summed E-state index contributed by atoms with van der Waals surface area (Å²) in [6.07, 6.45) is 5.04. The zero-order valence-corrected chi connectivity index (χ0v) is 12.3. The Kier molecular flexibility index (Phi) is 3.66. The molecule has 1 heterocycles. The number of aromatic nitrogens is 3. The largest absolute Gasteiger partial charge is 0.328 e. The second-order valence-electron chi connectivity index (χ2n) is 5.30. The molecular formula is C14H17BrN4. The van der Waals surface area contributed by atoms with E-state index in [0.717, 1.165) is 36.1 Å². The third-order valence-electron chi connectivity index (χ3n) is 3.71. The molecule has 0 saturated heterocycles. The van der Waals surface area contributed by atoms with Gasteiger partial charge in [-0.25, -0.2) is 0 Å². The molecule has 4 nitrogen and oxygen atoms in total. The Morgan fingerprint density at radius 3 is 2.68 bits per heavy atom. The fourth-order valence-corrected chi connectivity index (χ4v) is 2.83. The Morgan fingerprint density at radius 1 is 1.26 bits per heavy atom. The first-order valence-electron chi connectivity index (χ1n) is 6.57. The fourth-order valence-electron chi connectivity index (χ4n) is 2.57. The van der Waals surface area contributed by atoms with Crippen molar-refractivity contribution in [2.45, 2.75) is 31.8 Å². The van der Waals surface area contributed by atoms with E-state index in [9.17, 15) is 0 Å². The van der Waals surface area contributed by atoms with Gasteiger partial charge in [0, 0.05) is 16.9 Å². The second kappa shape index (κ2) is 5.43. The van der Waals surface area contributed by atoms with Crippen LogP contribution in [0.4, 0.5) is 0 Å².